The molecule has 12 heteroatoms. The molecule has 0 saturated heterocycles. The summed E-state index contributed by atoms with van der Waals surface area (Å²) in [7, 11) is 0. The molecule has 4 atom stereocenters. The molecule has 4 aromatic carbocycles. The van der Waals surface area contributed by atoms with Crippen LogP contribution < -0.4 is 21.7 Å². The summed E-state index contributed by atoms with van der Waals surface area (Å²) in [6.07, 6.45) is 6.66. The number of nitrogens with two attached hydrogens (primary N) is 1. The van der Waals surface area contributed by atoms with Gasteiger partial charge in [0.2, 0.25) is 11.8 Å². The van der Waals surface area contributed by atoms with Crippen molar-refractivity contribution in [2.75, 3.05) is 17.2 Å². The number of fused-ring (bicyclic) bond motifs is 3. The summed E-state index contributed by atoms with van der Waals surface area (Å²) in [5, 5.41) is 27.0. The number of rotatable bonds is 25. The number of hydrogen-bond acceptors (Lipinski definition) is 9. The number of aliphatic hydroxyl groups excluding tert-OH is 2. The van der Waals surface area contributed by atoms with E-state index in [1.54, 1.807) is 48.5 Å². The molecular weight excluding hydrogens is 845 g/mol. The van der Waals surface area contributed by atoms with Crippen LogP contribution in [0.1, 0.15) is 134 Å². The molecule has 3 amide bonds. The molecule has 0 heterocycles. The second kappa shape index (κ2) is 27.8. The van der Waals surface area contributed by atoms with Crippen molar-refractivity contribution in [1.82, 2.24) is 5.32 Å². The lowest BCUT2D eigenvalue weighted by atomic mass is 9.89. The molecule has 0 bridgehead atoms. The zero-order valence-corrected chi connectivity index (χ0v) is 40.4. The van der Waals surface area contributed by atoms with Gasteiger partial charge in [0.15, 0.2) is 11.6 Å². The average molecular weight is 919 g/mol. The first-order chi connectivity index (χ1) is 32.2. The molecule has 7 N–H and O–H groups in total. The van der Waals surface area contributed by atoms with Gasteiger partial charge < -0.3 is 36.6 Å². The highest BCUT2D eigenvalue weighted by Gasteiger charge is 2.32. The van der Waals surface area contributed by atoms with E-state index in [0.717, 1.165) is 71.9 Å². The maximum absolute atomic E-state index is 13.5. The second-order valence-electron chi connectivity index (χ2n) is 18.4. The van der Waals surface area contributed by atoms with E-state index in [2.05, 4.69) is 54.1 Å². The third-order valence-electron chi connectivity index (χ3n) is 12.5. The summed E-state index contributed by atoms with van der Waals surface area (Å²) in [6.45, 7) is 11.8. The number of hydrogen-bond donors (Lipinski definition) is 6. The number of unbranched alkanes of at least 4 members (excludes halogenated alkanes) is 4. The maximum Gasteiger partial charge on any atom is 0.407 e. The van der Waals surface area contributed by atoms with Gasteiger partial charge in [-0.1, -0.05) is 153 Å². The predicted molar refractivity (Wildman–Crippen MR) is 266 cm³/mol. The van der Waals surface area contributed by atoms with E-state index in [1.807, 2.05) is 52.0 Å². The summed E-state index contributed by atoms with van der Waals surface area (Å²) >= 11 is 0. The van der Waals surface area contributed by atoms with Crippen molar-refractivity contribution in [3.05, 3.63) is 119 Å². The van der Waals surface area contributed by atoms with E-state index in [4.69, 9.17) is 15.6 Å². The third-order valence-corrected chi connectivity index (χ3v) is 12.5. The topological polar surface area (TPSA) is 197 Å². The Balaban J connectivity index is 0.000000335. The van der Waals surface area contributed by atoms with Crippen molar-refractivity contribution in [3.63, 3.8) is 0 Å². The van der Waals surface area contributed by atoms with Gasteiger partial charge in [-0.2, -0.15) is 0 Å². The summed E-state index contributed by atoms with van der Waals surface area (Å²) in [4.78, 5) is 64.7. The van der Waals surface area contributed by atoms with E-state index in [9.17, 15) is 29.1 Å². The molecule has 1 aliphatic carbocycles. The molecule has 362 valence electrons. The van der Waals surface area contributed by atoms with Crippen LogP contribution in [-0.4, -0.2) is 58.4 Å². The van der Waals surface area contributed by atoms with Crippen LogP contribution in [0.15, 0.2) is 97.1 Å². The van der Waals surface area contributed by atoms with Crippen LogP contribution in [0.2, 0.25) is 0 Å². The number of alkyl carbamates (subject to hydrolysis) is 1. The number of nitrogens with one attached hydrogen (secondary N) is 3. The molecule has 0 radical (unpaired) electrons. The first-order valence-electron chi connectivity index (χ1n) is 24.1. The minimum Gasteiger partial charge on any atom is -0.449 e. The van der Waals surface area contributed by atoms with Crippen LogP contribution in [0.25, 0.3) is 11.1 Å². The minimum atomic E-state index is -0.772. The highest BCUT2D eigenvalue weighted by molar-refractivity contribution is 5.98. The molecule has 4 aromatic rings. The van der Waals surface area contributed by atoms with Gasteiger partial charge in [0.05, 0.1) is 25.3 Å². The fraction of sp³-hybridized carbons (Fsp3) is 0.473. The Kier molecular flexibility index (Phi) is 22.4. The summed E-state index contributed by atoms with van der Waals surface area (Å²) in [6, 6.07) is 29.0. The minimum absolute atomic E-state index is 0.0246. The van der Waals surface area contributed by atoms with Crippen molar-refractivity contribution >= 4 is 40.8 Å². The normalized spacial score (nSPS) is 13.6. The summed E-state index contributed by atoms with van der Waals surface area (Å²) in [5.74, 6) is -1.67. The Bertz CT molecular complexity index is 2140. The second-order valence-corrected chi connectivity index (χ2v) is 18.4. The predicted octanol–water partition coefficient (Wildman–Crippen LogP) is 10.1. The van der Waals surface area contributed by atoms with Crippen molar-refractivity contribution < 1.29 is 38.9 Å². The summed E-state index contributed by atoms with van der Waals surface area (Å²) < 4.78 is 5.70. The number of ether oxygens (including phenoxy) is 1. The Morgan fingerprint density at radius 2 is 1.03 bits per heavy atom. The Morgan fingerprint density at radius 1 is 0.597 bits per heavy atom. The molecule has 1 aliphatic rings. The van der Waals surface area contributed by atoms with Crippen LogP contribution in [-0.2, 0) is 37.1 Å². The number of carbonyl (C=O) groups excluding carboxylic acids is 5. The lowest BCUT2D eigenvalue weighted by Gasteiger charge is -2.24. The number of Topliss-reactive ketones (excluding diaryl/α,β-unsaturated/α-hetero) is 2. The highest BCUT2D eigenvalue weighted by atomic mass is 16.5. The number of benzene rings is 4. The molecule has 0 saturated carbocycles. The molecule has 5 rings (SSSR count). The van der Waals surface area contributed by atoms with Gasteiger partial charge in [0.1, 0.15) is 6.61 Å². The van der Waals surface area contributed by atoms with Gasteiger partial charge in [-0.3, -0.25) is 19.2 Å². The van der Waals surface area contributed by atoms with Crippen molar-refractivity contribution in [2.24, 2.45) is 29.4 Å². The smallest absolute Gasteiger partial charge is 0.407 e. The van der Waals surface area contributed by atoms with E-state index in [1.165, 1.54) is 0 Å². The molecule has 0 unspecified atom stereocenters. The van der Waals surface area contributed by atoms with Gasteiger partial charge in [-0.25, -0.2) is 4.79 Å². The lowest BCUT2D eigenvalue weighted by molar-refractivity contribution is -0.128. The van der Waals surface area contributed by atoms with E-state index in [0.29, 0.717) is 24.2 Å². The first-order valence-corrected chi connectivity index (χ1v) is 24.1. The quantitative estimate of drug-likeness (QED) is 0.0351. The lowest BCUT2D eigenvalue weighted by Crippen LogP contribution is -2.46. The fourth-order valence-corrected chi connectivity index (χ4v) is 8.32. The summed E-state index contributed by atoms with van der Waals surface area (Å²) in [5.41, 5.74) is 13.3. The van der Waals surface area contributed by atoms with Crippen LogP contribution in [0.4, 0.5) is 16.2 Å². The standard InChI is InChI=1S/C35H42N2O5.C20H32N2O3/c1-4-5-6-11-25(34(40)36-26-18-16-24(21-38)17-19-26)20-32(39)33(23(2)3)37-35(41)42-22-31-29-14-9-7-12-27(29)28-13-8-10-15-30(28)31;1-4-5-6-7-16(12-18(24)19(21)14(2)3)20(25)22-17-10-8-15(13-23)9-11-17/h7-10,12-19,23,25,31,33,38H,4-6,11,20-22H2,1-3H3,(H,36,40)(H,37,41);8-11,14,16,19,23H,4-7,12-13,21H2,1-3H3,(H,22,25)/t25-,33+;16-,19+/m11/s1. The van der Waals surface area contributed by atoms with Gasteiger partial charge in [-0.15, -0.1) is 0 Å². The van der Waals surface area contributed by atoms with Crippen LogP contribution >= 0.6 is 0 Å². The number of carbonyl (C=O) groups is 5. The molecule has 0 spiro atoms. The van der Waals surface area contributed by atoms with E-state index >= 15 is 0 Å². The van der Waals surface area contributed by atoms with E-state index < -0.39 is 24.1 Å². The van der Waals surface area contributed by atoms with Crippen LogP contribution in [0, 0.1) is 23.7 Å². The number of ketones is 2. The molecule has 12 nitrogen and oxygen atoms in total. The third kappa shape index (κ3) is 16.6. The van der Waals surface area contributed by atoms with Crippen molar-refractivity contribution in [2.45, 2.75) is 137 Å². The number of anilines is 2. The zero-order valence-electron chi connectivity index (χ0n) is 40.4. The molecule has 0 aliphatic heterocycles. The Hall–Kier alpha value is -5.69. The maximum atomic E-state index is 13.5. The average Bonchev–Trinajstić information content (AvgIpc) is 3.65. The molecule has 0 fully saturated rings. The number of aliphatic hydroxyl groups is 2. The zero-order chi connectivity index (χ0) is 48.9. The number of amides is 3. The SMILES string of the molecule is CCCCC[C@H](CC(=O)[C@@H](N)C(C)C)C(=O)Nc1ccc(CO)cc1.CCCCC[C@H](CC(=O)[C@@H](NC(=O)OCC1c2ccccc2-c2ccccc21)C(C)C)C(=O)Nc1ccc(CO)cc1. The van der Waals surface area contributed by atoms with Crippen LogP contribution in [0.5, 0.6) is 0 Å². The molecular formula is C55H74N4O8. The van der Waals surface area contributed by atoms with Gasteiger partial charge in [0, 0.05) is 42.0 Å². The van der Waals surface area contributed by atoms with Crippen LogP contribution in [0.3, 0.4) is 0 Å². The Morgan fingerprint density at radius 3 is 1.43 bits per heavy atom. The van der Waals surface area contributed by atoms with Gasteiger partial charge in [-0.05, 0) is 82.3 Å². The monoisotopic (exact) mass is 919 g/mol. The Labute approximate surface area is 397 Å². The van der Waals surface area contributed by atoms with Crippen molar-refractivity contribution in [3.8, 4) is 11.1 Å². The first kappa shape index (κ1) is 53.9. The van der Waals surface area contributed by atoms with Gasteiger partial charge >= 0.3 is 6.09 Å². The van der Waals surface area contributed by atoms with Crippen molar-refractivity contribution in [1.29, 1.82) is 0 Å². The largest absolute Gasteiger partial charge is 0.449 e. The molecule has 0 aromatic heterocycles. The molecule has 67 heavy (non-hydrogen) atoms. The van der Waals surface area contributed by atoms with E-state index in [-0.39, 0.29) is 79.7 Å². The highest BCUT2D eigenvalue weighted by Crippen LogP contribution is 2.44. The fourth-order valence-electron chi connectivity index (χ4n) is 8.32. The van der Waals surface area contributed by atoms with Gasteiger partial charge in [0.25, 0.3) is 0 Å².